The molecule has 90 valence electrons. The van der Waals surface area contributed by atoms with Crippen molar-refractivity contribution in [3.8, 4) is 6.07 Å². The van der Waals surface area contributed by atoms with Crippen LogP contribution in [0.2, 0.25) is 0 Å². The molecule has 5 heteroatoms. The van der Waals surface area contributed by atoms with E-state index in [1.54, 1.807) is 0 Å². The summed E-state index contributed by atoms with van der Waals surface area (Å²) in [6.45, 7) is 5.97. The summed E-state index contributed by atoms with van der Waals surface area (Å²) < 4.78 is 5.70. The molecule has 2 rings (SSSR count). The van der Waals surface area contributed by atoms with Gasteiger partial charge in [-0.2, -0.15) is 5.26 Å². The third-order valence-electron chi connectivity index (χ3n) is 2.69. The fourth-order valence-electron chi connectivity index (χ4n) is 1.92. The van der Waals surface area contributed by atoms with Crippen LogP contribution < -0.4 is 5.32 Å². The average molecular weight is 250 g/mol. The highest BCUT2D eigenvalue weighted by atomic mass is 32.1. The Bertz CT molecular complexity index is 511. The van der Waals surface area contributed by atoms with Crippen molar-refractivity contribution in [2.24, 2.45) is 0 Å². The average Bonchev–Trinajstić information content (AvgIpc) is 2.52. The monoisotopic (exact) mass is 250 g/mol. The van der Waals surface area contributed by atoms with Crippen molar-refractivity contribution in [3.63, 3.8) is 0 Å². The first-order valence-corrected chi connectivity index (χ1v) is 6.21. The van der Waals surface area contributed by atoms with Gasteiger partial charge in [-0.15, -0.1) is 11.3 Å². The summed E-state index contributed by atoms with van der Waals surface area (Å²) in [5, 5.41) is 12.6. The topological polar surface area (TPSA) is 62.1 Å². The highest BCUT2D eigenvalue weighted by molar-refractivity contribution is 7.16. The molecule has 0 unspecified atom stereocenters. The number of hydrogen-bond acceptors (Lipinski definition) is 4. The Morgan fingerprint density at radius 2 is 2.29 bits per heavy atom. The number of nitrogens with zero attached hydrogens (tertiary/aromatic N) is 1. The quantitative estimate of drug-likeness (QED) is 0.832. The number of thiophene rings is 1. The van der Waals surface area contributed by atoms with Crippen molar-refractivity contribution in [1.29, 1.82) is 5.26 Å². The lowest BCUT2D eigenvalue weighted by molar-refractivity contribution is -0.114. The minimum atomic E-state index is -0.243. The van der Waals surface area contributed by atoms with Crippen LogP contribution in [0.25, 0.3) is 0 Å². The van der Waals surface area contributed by atoms with Crippen LogP contribution >= 0.6 is 11.3 Å². The Labute approximate surface area is 104 Å². The Morgan fingerprint density at radius 1 is 1.59 bits per heavy atom. The first kappa shape index (κ1) is 12.1. The van der Waals surface area contributed by atoms with E-state index in [0.717, 1.165) is 10.4 Å². The lowest BCUT2D eigenvalue weighted by Gasteiger charge is -2.29. The molecule has 1 aliphatic rings. The fraction of sp³-hybridized carbons (Fsp3) is 0.500. The van der Waals surface area contributed by atoms with E-state index in [1.807, 2.05) is 13.8 Å². The molecule has 0 aromatic carbocycles. The maximum absolute atomic E-state index is 11.1. The van der Waals surface area contributed by atoms with Crippen LogP contribution in [0, 0.1) is 11.3 Å². The van der Waals surface area contributed by atoms with E-state index < -0.39 is 0 Å². The molecule has 1 N–H and O–H groups in total. The molecule has 0 aliphatic carbocycles. The van der Waals surface area contributed by atoms with E-state index in [9.17, 15) is 10.1 Å². The molecule has 1 aliphatic heterocycles. The molecule has 0 radical (unpaired) electrons. The predicted octanol–water partition coefficient (Wildman–Crippen LogP) is 2.43. The number of ether oxygens (including phenoxy) is 1. The Hall–Kier alpha value is -1.38. The van der Waals surface area contributed by atoms with Gasteiger partial charge in [-0.05, 0) is 19.4 Å². The zero-order chi connectivity index (χ0) is 12.6. The number of nitriles is 1. The van der Waals surface area contributed by atoms with Crippen molar-refractivity contribution in [2.75, 3.05) is 5.32 Å². The van der Waals surface area contributed by atoms with Crippen LogP contribution in [0.4, 0.5) is 5.00 Å². The summed E-state index contributed by atoms with van der Waals surface area (Å²) in [5.74, 6) is -0.153. The number of amides is 1. The summed E-state index contributed by atoms with van der Waals surface area (Å²) >= 11 is 1.44. The minimum Gasteiger partial charge on any atom is -0.370 e. The zero-order valence-electron chi connectivity index (χ0n) is 10.1. The van der Waals surface area contributed by atoms with Crippen molar-refractivity contribution in [2.45, 2.75) is 39.4 Å². The van der Waals surface area contributed by atoms with Crippen molar-refractivity contribution >= 4 is 22.2 Å². The molecule has 4 nitrogen and oxygen atoms in total. The summed E-state index contributed by atoms with van der Waals surface area (Å²) in [6, 6.07) is 2.19. The van der Waals surface area contributed by atoms with Gasteiger partial charge in [-0.1, -0.05) is 0 Å². The van der Waals surface area contributed by atoms with Crippen molar-refractivity contribution < 1.29 is 9.53 Å². The number of hydrogen-bond donors (Lipinski definition) is 1. The first-order chi connectivity index (χ1) is 7.93. The molecule has 17 heavy (non-hydrogen) atoms. The maximum atomic E-state index is 11.1. The van der Waals surface area contributed by atoms with Gasteiger partial charge in [0.15, 0.2) is 0 Å². The number of fused-ring (bicyclic) bond motifs is 1. The molecule has 0 saturated heterocycles. The largest absolute Gasteiger partial charge is 0.370 e. The molecular formula is C12H14N2O2S. The molecule has 0 bridgehead atoms. The molecule has 1 aromatic heterocycles. The van der Waals surface area contributed by atoms with Gasteiger partial charge in [-0.25, -0.2) is 0 Å². The third kappa shape index (κ3) is 2.33. The van der Waals surface area contributed by atoms with Crippen LogP contribution in [0.15, 0.2) is 0 Å². The number of carbonyl (C=O) groups is 1. The van der Waals surface area contributed by atoms with Crippen molar-refractivity contribution in [3.05, 3.63) is 16.0 Å². The molecule has 0 spiro atoms. The molecule has 1 aromatic rings. The summed E-state index contributed by atoms with van der Waals surface area (Å²) in [4.78, 5) is 12.1. The van der Waals surface area contributed by atoms with Gasteiger partial charge in [0.25, 0.3) is 0 Å². The SMILES string of the molecule is CC(=O)Nc1sc2c(c1C#N)CC(C)(C)OC2. The zero-order valence-corrected chi connectivity index (χ0v) is 10.9. The standard InChI is InChI=1S/C12H14N2O2S/c1-7(15)14-11-9(5-13)8-4-12(2,3)16-6-10(8)17-11/h4,6H2,1-3H3,(H,14,15). The Kier molecular flexibility index (Phi) is 2.94. The highest BCUT2D eigenvalue weighted by Crippen LogP contribution is 2.39. The fourth-order valence-corrected chi connectivity index (χ4v) is 3.05. The normalized spacial score (nSPS) is 17.1. The van der Waals surface area contributed by atoms with Gasteiger partial charge < -0.3 is 10.1 Å². The predicted molar refractivity (Wildman–Crippen MR) is 65.9 cm³/mol. The second-order valence-corrected chi connectivity index (χ2v) is 5.83. The maximum Gasteiger partial charge on any atom is 0.221 e. The summed E-state index contributed by atoms with van der Waals surface area (Å²) in [6.07, 6.45) is 0.710. The number of carbonyl (C=O) groups excluding carboxylic acids is 1. The highest BCUT2D eigenvalue weighted by Gasteiger charge is 2.31. The van der Waals surface area contributed by atoms with Gasteiger partial charge in [0.1, 0.15) is 11.1 Å². The molecule has 0 atom stereocenters. The van der Waals surface area contributed by atoms with Gasteiger partial charge in [0.05, 0.1) is 17.8 Å². The van der Waals surface area contributed by atoms with Crippen LogP contribution in [0.3, 0.4) is 0 Å². The molecule has 2 heterocycles. The lowest BCUT2D eigenvalue weighted by atomic mass is 9.93. The molecule has 0 fully saturated rings. The molecule has 0 saturated carbocycles. The number of nitrogens with one attached hydrogen (secondary N) is 1. The molecule has 1 amide bonds. The van der Waals surface area contributed by atoms with Gasteiger partial charge in [0.2, 0.25) is 5.91 Å². The van der Waals surface area contributed by atoms with Crippen LogP contribution in [0.5, 0.6) is 0 Å². The lowest BCUT2D eigenvalue weighted by Crippen LogP contribution is -2.31. The van der Waals surface area contributed by atoms with Gasteiger partial charge >= 0.3 is 0 Å². The van der Waals surface area contributed by atoms with Gasteiger partial charge in [0, 0.05) is 18.2 Å². The first-order valence-electron chi connectivity index (χ1n) is 5.39. The minimum absolute atomic E-state index is 0.153. The second-order valence-electron chi connectivity index (χ2n) is 4.73. The van der Waals surface area contributed by atoms with Gasteiger partial charge in [-0.3, -0.25) is 4.79 Å². The van der Waals surface area contributed by atoms with E-state index in [0.29, 0.717) is 23.6 Å². The molecular weight excluding hydrogens is 236 g/mol. The van der Waals surface area contributed by atoms with E-state index in [2.05, 4.69) is 11.4 Å². The van der Waals surface area contributed by atoms with Crippen molar-refractivity contribution in [1.82, 2.24) is 0 Å². The smallest absolute Gasteiger partial charge is 0.221 e. The van der Waals surface area contributed by atoms with Crippen LogP contribution in [-0.2, 0) is 22.6 Å². The van der Waals surface area contributed by atoms with E-state index >= 15 is 0 Å². The summed E-state index contributed by atoms with van der Waals surface area (Å²) in [5.41, 5.74) is 1.38. The van der Waals surface area contributed by atoms with E-state index in [1.165, 1.54) is 18.3 Å². The Morgan fingerprint density at radius 3 is 2.88 bits per heavy atom. The Balaban J connectivity index is 2.44. The van der Waals surface area contributed by atoms with E-state index in [4.69, 9.17) is 4.74 Å². The van der Waals surface area contributed by atoms with E-state index in [-0.39, 0.29) is 11.5 Å². The number of rotatable bonds is 1. The summed E-state index contributed by atoms with van der Waals surface area (Å²) in [7, 11) is 0. The van der Waals surface area contributed by atoms with Crippen LogP contribution in [-0.4, -0.2) is 11.5 Å². The third-order valence-corrected chi connectivity index (χ3v) is 3.81. The van der Waals surface area contributed by atoms with Crippen LogP contribution in [0.1, 0.15) is 36.8 Å². The number of anilines is 1. The second kappa shape index (κ2) is 4.13.